The van der Waals surface area contributed by atoms with E-state index in [9.17, 15) is 15.0 Å². The van der Waals surface area contributed by atoms with E-state index in [0.29, 0.717) is 18.3 Å². The Morgan fingerprint density at radius 1 is 1.23 bits per heavy atom. The summed E-state index contributed by atoms with van der Waals surface area (Å²) in [4.78, 5) is 11.6. The summed E-state index contributed by atoms with van der Waals surface area (Å²) < 4.78 is 0. The molecule has 5 atom stereocenters. The average Bonchev–Trinajstić information content (AvgIpc) is 3.14. The third-order valence-electron chi connectivity index (χ3n) is 5.96. The summed E-state index contributed by atoms with van der Waals surface area (Å²) >= 11 is 0. The largest absolute Gasteiger partial charge is 0.481 e. The van der Waals surface area contributed by atoms with E-state index in [0.717, 1.165) is 31.2 Å². The van der Waals surface area contributed by atoms with Crippen molar-refractivity contribution in [3.63, 3.8) is 0 Å². The minimum Gasteiger partial charge on any atom is -0.481 e. The number of benzene rings is 1. The molecule has 2 aliphatic carbocycles. The maximum absolute atomic E-state index is 11.6. The first kappa shape index (κ1) is 18.9. The fourth-order valence-corrected chi connectivity index (χ4v) is 4.73. The lowest BCUT2D eigenvalue weighted by molar-refractivity contribution is -0.138. The van der Waals surface area contributed by atoms with Gasteiger partial charge >= 0.3 is 5.97 Å². The van der Waals surface area contributed by atoms with Crippen LogP contribution in [-0.2, 0) is 4.79 Å². The van der Waals surface area contributed by atoms with Gasteiger partial charge in [-0.2, -0.15) is 0 Å². The van der Waals surface area contributed by atoms with Crippen molar-refractivity contribution >= 4 is 5.97 Å². The molecule has 0 spiro atoms. The van der Waals surface area contributed by atoms with Gasteiger partial charge in [0, 0.05) is 5.92 Å². The van der Waals surface area contributed by atoms with Crippen LogP contribution in [-0.4, -0.2) is 34.0 Å². The Balaban J connectivity index is 1.58. The zero-order chi connectivity index (χ0) is 18.5. The Labute approximate surface area is 154 Å². The van der Waals surface area contributed by atoms with Gasteiger partial charge in [0.2, 0.25) is 0 Å². The molecule has 3 rings (SSSR count). The fourth-order valence-electron chi connectivity index (χ4n) is 4.73. The van der Waals surface area contributed by atoms with Crippen LogP contribution >= 0.6 is 0 Å². The van der Waals surface area contributed by atoms with Crippen LogP contribution in [0, 0.1) is 17.8 Å². The molecule has 3 N–H and O–H groups in total. The van der Waals surface area contributed by atoms with Gasteiger partial charge in [-0.3, -0.25) is 4.79 Å². The normalized spacial score (nSPS) is 30.8. The topological polar surface area (TPSA) is 77.8 Å². The van der Waals surface area contributed by atoms with E-state index in [4.69, 9.17) is 5.11 Å². The first-order chi connectivity index (χ1) is 12.6. The molecule has 140 valence electrons. The summed E-state index contributed by atoms with van der Waals surface area (Å²) in [6.45, 7) is 0.0133. The van der Waals surface area contributed by atoms with Crippen LogP contribution in [0.5, 0.6) is 0 Å². The number of fused-ring (bicyclic) bond motifs is 1. The van der Waals surface area contributed by atoms with E-state index in [-0.39, 0.29) is 18.6 Å². The van der Waals surface area contributed by atoms with Crippen molar-refractivity contribution in [3.8, 4) is 0 Å². The Bertz CT molecular complexity index is 664. The molecule has 1 aromatic carbocycles. The van der Waals surface area contributed by atoms with Gasteiger partial charge in [-0.05, 0) is 49.5 Å². The Morgan fingerprint density at radius 2 is 2.00 bits per heavy atom. The number of carbonyl (C=O) groups is 1. The van der Waals surface area contributed by atoms with Gasteiger partial charge in [0.25, 0.3) is 0 Å². The summed E-state index contributed by atoms with van der Waals surface area (Å²) in [5, 5.41) is 28.7. The van der Waals surface area contributed by atoms with Gasteiger partial charge in [-0.25, -0.2) is 0 Å². The standard InChI is InChI=1S/C22H28O4/c23-11-5-10-19-20-13-15(12-17(20)14-21(19)24)6-4-9-18(22(25)26)16-7-2-1-3-8-16/h1-3,5-8,10,17-21,23-24H,4,9,11-14H2,(H,25,26)/t17-,18?,19-,20+,21-/m1/s1. The molecule has 0 amide bonds. The number of carboxylic acids is 1. The highest BCUT2D eigenvalue weighted by molar-refractivity contribution is 5.76. The molecule has 4 nitrogen and oxygen atoms in total. The molecule has 2 aliphatic rings. The van der Waals surface area contributed by atoms with E-state index in [1.807, 2.05) is 36.4 Å². The number of allylic oxidation sites excluding steroid dienone is 2. The molecular formula is C22H28O4. The number of aliphatic hydroxyl groups is 2. The van der Waals surface area contributed by atoms with Crippen molar-refractivity contribution in [3.05, 3.63) is 59.7 Å². The van der Waals surface area contributed by atoms with Gasteiger partial charge in [0.15, 0.2) is 0 Å². The molecule has 0 aromatic heterocycles. The van der Waals surface area contributed by atoms with E-state index in [1.54, 1.807) is 6.08 Å². The SMILES string of the molecule is O=C(O)C(CCC=C1C[C@@H]2C[C@@H](O)[C@H](C=CCO)[C@H]2C1)c1ccccc1. The molecule has 0 saturated heterocycles. The maximum Gasteiger partial charge on any atom is 0.310 e. The zero-order valence-corrected chi connectivity index (χ0v) is 15.0. The van der Waals surface area contributed by atoms with Crippen molar-refractivity contribution in [1.29, 1.82) is 0 Å². The summed E-state index contributed by atoms with van der Waals surface area (Å²) in [5.74, 6) is -0.141. The predicted molar refractivity (Wildman–Crippen MR) is 101 cm³/mol. The molecule has 0 heterocycles. The minimum absolute atomic E-state index is 0.0133. The van der Waals surface area contributed by atoms with Crippen LogP contribution in [0.3, 0.4) is 0 Å². The second kappa shape index (κ2) is 8.65. The predicted octanol–water partition coefficient (Wildman–Crippen LogP) is 3.52. The Hall–Kier alpha value is -1.91. The third kappa shape index (κ3) is 4.25. The lowest BCUT2D eigenvalue weighted by Gasteiger charge is -2.17. The van der Waals surface area contributed by atoms with Gasteiger partial charge in [0.05, 0.1) is 18.6 Å². The van der Waals surface area contributed by atoms with Gasteiger partial charge < -0.3 is 15.3 Å². The average molecular weight is 356 g/mol. The van der Waals surface area contributed by atoms with Crippen LogP contribution < -0.4 is 0 Å². The number of hydrogen-bond acceptors (Lipinski definition) is 3. The highest BCUT2D eigenvalue weighted by Gasteiger charge is 2.44. The minimum atomic E-state index is -0.768. The van der Waals surface area contributed by atoms with Crippen molar-refractivity contribution in [2.45, 2.75) is 44.1 Å². The number of hydrogen-bond donors (Lipinski definition) is 3. The van der Waals surface area contributed by atoms with Crippen LogP contribution in [0.4, 0.5) is 0 Å². The number of aliphatic hydroxyl groups excluding tert-OH is 2. The van der Waals surface area contributed by atoms with Gasteiger partial charge in [-0.1, -0.05) is 54.1 Å². The van der Waals surface area contributed by atoms with E-state index >= 15 is 0 Å². The van der Waals surface area contributed by atoms with Gasteiger partial charge in [-0.15, -0.1) is 0 Å². The molecule has 2 fully saturated rings. The summed E-state index contributed by atoms with van der Waals surface area (Å²) in [6.07, 6.45) is 9.79. The summed E-state index contributed by atoms with van der Waals surface area (Å²) in [5.41, 5.74) is 2.26. The third-order valence-corrected chi connectivity index (χ3v) is 5.96. The van der Waals surface area contributed by atoms with E-state index < -0.39 is 11.9 Å². The molecule has 2 saturated carbocycles. The fraction of sp³-hybridized carbons (Fsp3) is 0.500. The van der Waals surface area contributed by atoms with Gasteiger partial charge in [0.1, 0.15) is 0 Å². The number of rotatable bonds is 7. The molecule has 0 bridgehead atoms. The first-order valence-electron chi connectivity index (χ1n) is 9.51. The molecule has 1 unspecified atom stereocenters. The molecular weight excluding hydrogens is 328 g/mol. The first-order valence-corrected chi connectivity index (χ1v) is 9.51. The van der Waals surface area contributed by atoms with Crippen molar-refractivity contribution in [2.24, 2.45) is 17.8 Å². The van der Waals surface area contributed by atoms with Crippen LogP contribution in [0.1, 0.15) is 43.6 Å². The Kier molecular flexibility index (Phi) is 6.28. The van der Waals surface area contributed by atoms with E-state index in [1.165, 1.54) is 5.57 Å². The lowest BCUT2D eigenvalue weighted by Crippen LogP contribution is -2.16. The quantitative estimate of drug-likeness (QED) is 0.653. The second-order valence-electron chi connectivity index (χ2n) is 7.56. The summed E-state index contributed by atoms with van der Waals surface area (Å²) in [6, 6.07) is 9.43. The molecule has 4 heteroatoms. The van der Waals surface area contributed by atoms with Crippen molar-refractivity contribution in [1.82, 2.24) is 0 Å². The molecule has 0 radical (unpaired) electrons. The molecule has 1 aromatic rings. The van der Waals surface area contributed by atoms with E-state index in [2.05, 4.69) is 6.08 Å². The van der Waals surface area contributed by atoms with Crippen LogP contribution in [0.15, 0.2) is 54.1 Å². The number of aliphatic carboxylic acids is 1. The van der Waals surface area contributed by atoms with Crippen molar-refractivity contribution < 1.29 is 20.1 Å². The van der Waals surface area contributed by atoms with Crippen molar-refractivity contribution in [2.75, 3.05) is 6.61 Å². The smallest absolute Gasteiger partial charge is 0.310 e. The highest BCUT2D eigenvalue weighted by atomic mass is 16.4. The summed E-state index contributed by atoms with van der Waals surface area (Å²) in [7, 11) is 0. The maximum atomic E-state index is 11.6. The second-order valence-corrected chi connectivity index (χ2v) is 7.56. The number of carboxylic acid groups (broad SMARTS) is 1. The van der Waals surface area contributed by atoms with Crippen LogP contribution in [0.2, 0.25) is 0 Å². The highest BCUT2D eigenvalue weighted by Crippen LogP contribution is 2.50. The Morgan fingerprint density at radius 3 is 2.69 bits per heavy atom. The lowest BCUT2D eigenvalue weighted by atomic mass is 9.90. The molecule has 26 heavy (non-hydrogen) atoms. The van der Waals surface area contributed by atoms with Crippen LogP contribution in [0.25, 0.3) is 0 Å². The zero-order valence-electron chi connectivity index (χ0n) is 15.0. The monoisotopic (exact) mass is 356 g/mol. The molecule has 0 aliphatic heterocycles.